The maximum absolute atomic E-state index is 13.1. The molecule has 7 heteroatoms. The fourth-order valence-corrected chi connectivity index (χ4v) is 4.04. The van der Waals surface area contributed by atoms with E-state index in [1.165, 1.54) is 12.1 Å². The fraction of sp³-hybridized carbons (Fsp3) is 0.269. The van der Waals surface area contributed by atoms with Crippen molar-refractivity contribution in [1.29, 1.82) is 5.26 Å². The van der Waals surface area contributed by atoms with Crippen molar-refractivity contribution in [2.45, 2.75) is 32.7 Å². The second-order valence-electron chi connectivity index (χ2n) is 8.27. The number of benzene rings is 2. The molecule has 4 rings (SSSR count). The van der Waals surface area contributed by atoms with Gasteiger partial charge in [-0.1, -0.05) is 42.5 Å². The van der Waals surface area contributed by atoms with E-state index in [9.17, 15) is 19.2 Å². The van der Waals surface area contributed by atoms with Crippen LogP contribution in [0, 0.1) is 36.9 Å². The average Bonchev–Trinajstić information content (AvgIpc) is 3.59. The third kappa shape index (κ3) is 4.80. The molecule has 168 valence electrons. The highest BCUT2D eigenvalue weighted by Gasteiger charge is 2.45. The van der Waals surface area contributed by atoms with E-state index in [0.717, 1.165) is 22.4 Å². The summed E-state index contributed by atoms with van der Waals surface area (Å²) < 4.78 is 20.2. The molecular weight excluding hydrogens is 421 g/mol. The molecule has 1 amide bonds. The molecule has 3 aromatic rings. The normalized spacial score (nSPS) is 16.7. The van der Waals surface area contributed by atoms with E-state index in [1.54, 1.807) is 12.1 Å². The van der Waals surface area contributed by atoms with Crippen LogP contribution in [-0.2, 0) is 20.9 Å². The molecule has 6 nitrogen and oxygen atoms in total. The first kappa shape index (κ1) is 22.3. The van der Waals surface area contributed by atoms with Gasteiger partial charge in [0, 0.05) is 12.2 Å². The molecule has 2 atom stereocenters. The number of hydrogen-bond donors (Lipinski definition) is 1. The van der Waals surface area contributed by atoms with Crippen LogP contribution in [0.4, 0.5) is 10.2 Å². The van der Waals surface area contributed by atoms with Gasteiger partial charge in [-0.15, -0.1) is 0 Å². The number of nitriles is 1. The number of anilines is 1. The fourth-order valence-electron chi connectivity index (χ4n) is 4.04. The Bertz CT molecular complexity index is 1230. The van der Waals surface area contributed by atoms with Crippen molar-refractivity contribution in [2.75, 3.05) is 11.9 Å². The van der Waals surface area contributed by atoms with Gasteiger partial charge in [-0.2, -0.15) is 5.26 Å². The largest absolute Gasteiger partial charge is 0.455 e. The third-order valence-electron chi connectivity index (χ3n) is 6.12. The summed E-state index contributed by atoms with van der Waals surface area (Å²) >= 11 is 0. The number of aromatic nitrogens is 1. The Hall–Kier alpha value is -3.92. The zero-order chi connectivity index (χ0) is 23.5. The van der Waals surface area contributed by atoms with Gasteiger partial charge in [-0.25, -0.2) is 4.39 Å². The standard InChI is InChI=1S/C26H24FN3O3/c1-16-17(2)30(14-18-6-4-3-5-7-18)25(23(16)13-28)29-24(31)15-33-26(32)22-12-21(22)19-8-10-20(27)11-9-19/h3-11,21-22H,12,14-15H2,1-2H3,(H,29,31). The second-order valence-corrected chi connectivity index (χ2v) is 8.27. The van der Waals surface area contributed by atoms with Crippen LogP contribution in [0.5, 0.6) is 0 Å². The van der Waals surface area contributed by atoms with Crippen LogP contribution in [0.25, 0.3) is 0 Å². The maximum atomic E-state index is 13.1. The van der Waals surface area contributed by atoms with Crippen LogP contribution in [0.1, 0.15) is 40.3 Å². The lowest BCUT2D eigenvalue weighted by Crippen LogP contribution is -2.24. The van der Waals surface area contributed by atoms with Crippen LogP contribution >= 0.6 is 0 Å². The SMILES string of the molecule is Cc1c(C#N)c(NC(=O)COC(=O)C2CC2c2ccc(F)cc2)n(Cc2ccccc2)c1C. The van der Waals surface area contributed by atoms with Gasteiger partial charge in [-0.05, 0) is 55.0 Å². The van der Waals surface area contributed by atoms with Gasteiger partial charge in [-0.3, -0.25) is 9.59 Å². The van der Waals surface area contributed by atoms with E-state index < -0.39 is 18.5 Å². The average molecular weight is 445 g/mol. The summed E-state index contributed by atoms with van der Waals surface area (Å²) in [5.41, 5.74) is 3.97. The van der Waals surface area contributed by atoms with Crippen molar-refractivity contribution in [3.8, 4) is 6.07 Å². The summed E-state index contributed by atoms with van der Waals surface area (Å²) in [6.07, 6.45) is 0.614. The summed E-state index contributed by atoms with van der Waals surface area (Å²) in [6, 6.07) is 18.0. The molecule has 33 heavy (non-hydrogen) atoms. The molecular formula is C26H24FN3O3. The van der Waals surface area contributed by atoms with E-state index in [4.69, 9.17) is 4.74 Å². The van der Waals surface area contributed by atoms with Gasteiger partial charge in [0.25, 0.3) is 5.91 Å². The molecule has 0 saturated heterocycles. The first-order chi connectivity index (χ1) is 15.9. The number of carbonyl (C=O) groups is 2. The Balaban J connectivity index is 1.40. The molecule has 0 bridgehead atoms. The Kier molecular flexibility index (Phi) is 6.27. The molecule has 1 heterocycles. The topological polar surface area (TPSA) is 84.1 Å². The van der Waals surface area contributed by atoms with E-state index in [1.807, 2.05) is 48.7 Å². The Labute approximate surface area is 191 Å². The summed E-state index contributed by atoms with van der Waals surface area (Å²) in [5.74, 6) is -1.23. The highest BCUT2D eigenvalue weighted by molar-refractivity contribution is 5.94. The van der Waals surface area contributed by atoms with Crippen LogP contribution in [0.3, 0.4) is 0 Å². The lowest BCUT2D eigenvalue weighted by atomic mass is 10.1. The van der Waals surface area contributed by atoms with Crippen molar-refractivity contribution >= 4 is 17.7 Å². The van der Waals surface area contributed by atoms with Gasteiger partial charge in [0.2, 0.25) is 0 Å². The zero-order valence-electron chi connectivity index (χ0n) is 18.5. The van der Waals surface area contributed by atoms with Crippen molar-refractivity contribution in [3.05, 3.63) is 88.4 Å². The zero-order valence-corrected chi connectivity index (χ0v) is 18.5. The number of nitrogens with zero attached hydrogens (tertiary/aromatic N) is 2. The Morgan fingerprint density at radius 2 is 1.85 bits per heavy atom. The van der Waals surface area contributed by atoms with E-state index in [0.29, 0.717) is 24.3 Å². The predicted octanol–water partition coefficient (Wildman–Crippen LogP) is 4.45. The summed E-state index contributed by atoms with van der Waals surface area (Å²) in [7, 11) is 0. The monoisotopic (exact) mass is 445 g/mol. The molecule has 1 aliphatic rings. The van der Waals surface area contributed by atoms with Gasteiger partial charge >= 0.3 is 5.97 Å². The van der Waals surface area contributed by atoms with Crippen LogP contribution < -0.4 is 5.32 Å². The van der Waals surface area contributed by atoms with Gasteiger partial charge in [0.15, 0.2) is 6.61 Å². The number of hydrogen-bond acceptors (Lipinski definition) is 4. The lowest BCUT2D eigenvalue weighted by molar-refractivity contribution is -0.148. The van der Waals surface area contributed by atoms with Crippen molar-refractivity contribution in [3.63, 3.8) is 0 Å². The molecule has 0 radical (unpaired) electrons. The predicted molar refractivity (Wildman–Crippen MR) is 121 cm³/mol. The minimum absolute atomic E-state index is 0.0141. The number of carbonyl (C=O) groups excluding carboxylic acids is 2. The first-order valence-corrected chi connectivity index (χ1v) is 10.7. The number of esters is 1. The van der Waals surface area contributed by atoms with Gasteiger partial charge in [0.05, 0.1) is 11.5 Å². The minimum atomic E-state index is -0.509. The summed E-state index contributed by atoms with van der Waals surface area (Å²) in [6.45, 7) is 3.79. The van der Waals surface area contributed by atoms with Crippen molar-refractivity contribution < 1.29 is 18.7 Å². The molecule has 0 aliphatic heterocycles. The molecule has 2 aromatic carbocycles. The highest BCUT2D eigenvalue weighted by Crippen LogP contribution is 2.48. The van der Waals surface area contributed by atoms with E-state index >= 15 is 0 Å². The van der Waals surface area contributed by atoms with Crippen molar-refractivity contribution in [1.82, 2.24) is 4.57 Å². The van der Waals surface area contributed by atoms with Gasteiger partial charge in [0.1, 0.15) is 17.7 Å². The van der Waals surface area contributed by atoms with E-state index in [-0.39, 0.29) is 17.7 Å². The van der Waals surface area contributed by atoms with Crippen LogP contribution in [0.15, 0.2) is 54.6 Å². The third-order valence-corrected chi connectivity index (χ3v) is 6.12. The smallest absolute Gasteiger partial charge is 0.310 e. The van der Waals surface area contributed by atoms with Crippen LogP contribution in [-0.4, -0.2) is 23.1 Å². The van der Waals surface area contributed by atoms with Crippen LogP contribution in [0.2, 0.25) is 0 Å². The number of amides is 1. The molecule has 1 aromatic heterocycles. The number of rotatable bonds is 7. The Morgan fingerprint density at radius 1 is 1.15 bits per heavy atom. The molecule has 1 fully saturated rings. The maximum Gasteiger partial charge on any atom is 0.310 e. The molecule has 1 saturated carbocycles. The number of ether oxygens (including phenoxy) is 1. The molecule has 0 spiro atoms. The highest BCUT2D eigenvalue weighted by atomic mass is 19.1. The van der Waals surface area contributed by atoms with Gasteiger partial charge < -0.3 is 14.6 Å². The number of nitrogens with one attached hydrogen (secondary N) is 1. The van der Waals surface area contributed by atoms with E-state index in [2.05, 4.69) is 11.4 Å². The molecule has 2 unspecified atom stereocenters. The lowest BCUT2D eigenvalue weighted by Gasteiger charge is -2.13. The first-order valence-electron chi connectivity index (χ1n) is 10.7. The Morgan fingerprint density at radius 3 is 2.52 bits per heavy atom. The summed E-state index contributed by atoms with van der Waals surface area (Å²) in [4.78, 5) is 25.0. The summed E-state index contributed by atoms with van der Waals surface area (Å²) in [5, 5.41) is 12.4. The quantitative estimate of drug-likeness (QED) is 0.545. The second kappa shape index (κ2) is 9.29. The molecule has 1 N–H and O–H groups in total. The number of halogens is 1. The minimum Gasteiger partial charge on any atom is -0.455 e. The molecule has 1 aliphatic carbocycles. The van der Waals surface area contributed by atoms with Crippen molar-refractivity contribution in [2.24, 2.45) is 5.92 Å².